The number of rotatable bonds is 12. The Labute approximate surface area is 257 Å². The average Bonchev–Trinajstić information content (AvgIpc) is 3.80. The molecule has 5 rings (SSSR count). The van der Waals surface area contributed by atoms with E-state index in [9.17, 15) is 26.8 Å². The van der Waals surface area contributed by atoms with Crippen molar-refractivity contribution >= 4 is 21.8 Å². The zero-order chi connectivity index (χ0) is 31.3. The van der Waals surface area contributed by atoms with Gasteiger partial charge in [-0.2, -0.15) is 4.31 Å². The fraction of sp³-hybridized carbons (Fsp3) is 0.394. The van der Waals surface area contributed by atoms with Crippen molar-refractivity contribution in [3.8, 4) is 11.1 Å². The van der Waals surface area contributed by atoms with E-state index in [0.29, 0.717) is 30.4 Å². The van der Waals surface area contributed by atoms with E-state index in [1.807, 2.05) is 12.1 Å². The number of hydrogen-bond acceptors (Lipinski definition) is 5. The molecule has 2 aliphatic rings. The highest BCUT2D eigenvalue weighted by Gasteiger charge is 2.37. The summed E-state index contributed by atoms with van der Waals surface area (Å²) in [4.78, 5) is 28.4. The number of unbranched alkanes of at least 4 members (excludes halogenated alkanes) is 1. The van der Waals surface area contributed by atoms with Crippen molar-refractivity contribution in [3.05, 3.63) is 95.6 Å². The lowest BCUT2D eigenvalue weighted by molar-refractivity contribution is -0.134. The minimum Gasteiger partial charge on any atom is -0.340 e. The predicted molar refractivity (Wildman–Crippen MR) is 165 cm³/mol. The molecule has 0 spiro atoms. The molecule has 1 aliphatic heterocycles. The molecule has 234 valence electrons. The Morgan fingerprint density at radius 3 is 2.00 bits per heavy atom. The van der Waals surface area contributed by atoms with Gasteiger partial charge in [-0.1, -0.05) is 36.4 Å². The number of halogens is 2. The second-order valence-electron chi connectivity index (χ2n) is 11.5. The first-order valence-electron chi connectivity index (χ1n) is 15.0. The Morgan fingerprint density at radius 1 is 0.841 bits per heavy atom. The van der Waals surface area contributed by atoms with E-state index in [2.05, 4.69) is 10.6 Å². The zero-order valence-corrected chi connectivity index (χ0v) is 25.5. The van der Waals surface area contributed by atoms with Crippen LogP contribution in [0.4, 0.5) is 8.78 Å². The summed E-state index contributed by atoms with van der Waals surface area (Å²) in [5, 5.41) is 6.45. The van der Waals surface area contributed by atoms with Crippen LogP contribution in [0.3, 0.4) is 0 Å². The van der Waals surface area contributed by atoms with Crippen LogP contribution in [0.1, 0.15) is 47.5 Å². The number of sulfonamides is 1. The van der Waals surface area contributed by atoms with Gasteiger partial charge in [0.2, 0.25) is 15.9 Å². The van der Waals surface area contributed by atoms with Gasteiger partial charge in [0.1, 0.15) is 17.7 Å². The number of amides is 2. The van der Waals surface area contributed by atoms with E-state index >= 15 is 0 Å². The molecule has 1 saturated carbocycles. The van der Waals surface area contributed by atoms with E-state index in [-0.39, 0.29) is 49.6 Å². The van der Waals surface area contributed by atoms with Gasteiger partial charge in [0.15, 0.2) is 0 Å². The number of hydrogen-bond donors (Lipinski definition) is 2. The first-order chi connectivity index (χ1) is 21.1. The maximum atomic E-state index is 13.6. The van der Waals surface area contributed by atoms with Gasteiger partial charge < -0.3 is 15.5 Å². The van der Waals surface area contributed by atoms with Gasteiger partial charge in [-0.3, -0.25) is 9.59 Å². The monoisotopic (exact) mass is 624 g/mol. The van der Waals surface area contributed by atoms with Crippen molar-refractivity contribution < 1.29 is 26.8 Å². The van der Waals surface area contributed by atoms with Crippen LogP contribution in [-0.4, -0.2) is 80.5 Å². The summed E-state index contributed by atoms with van der Waals surface area (Å²) in [5.41, 5.74) is 3.18. The Kier molecular flexibility index (Phi) is 10.1. The smallest absolute Gasteiger partial charge is 0.251 e. The summed E-state index contributed by atoms with van der Waals surface area (Å²) < 4.78 is 51.7. The van der Waals surface area contributed by atoms with E-state index in [1.54, 1.807) is 41.3 Å². The predicted octanol–water partition coefficient (Wildman–Crippen LogP) is 4.15. The van der Waals surface area contributed by atoms with Gasteiger partial charge in [0, 0.05) is 43.7 Å². The number of benzene rings is 3. The molecule has 1 aliphatic carbocycles. The second kappa shape index (κ2) is 14.0. The highest BCUT2D eigenvalue weighted by atomic mass is 32.2. The second-order valence-corrected chi connectivity index (χ2v) is 13.5. The van der Waals surface area contributed by atoms with Crippen LogP contribution < -0.4 is 10.6 Å². The molecule has 2 amide bonds. The molecule has 11 heteroatoms. The van der Waals surface area contributed by atoms with E-state index in [1.165, 1.54) is 28.6 Å². The van der Waals surface area contributed by atoms with Gasteiger partial charge in [0.05, 0.1) is 6.26 Å². The standard InChI is InChI=1S/C33H38F2N4O4S/c1-44(42,43)39-20-18-38(19-21-39)33(41)30(4-2-3-17-36-31-22-29(31)25-11-15-28(35)16-12-25)37-32(40)26-7-5-23(6-8-26)24-9-13-27(34)14-10-24/h5-16,29-31,36H,2-4,17-22H2,1H3,(H,37,40)/t29-,30+,31+/m1/s1. The van der Waals surface area contributed by atoms with Crippen LogP contribution in [0.5, 0.6) is 0 Å². The number of nitrogens with zero attached hydrogens (tertiary/aromatic N) is 2. The largest absolute Gasteiger partial charge is 0.340 e. The quantitative estimate of drug-likeness (QED) is 0.295. The minimum atomic E-state index is -3.34. The third-order valence-electron chi connectivity index (χ3n) is 8.36. The molecular weight excluding hydrogens is 586 g/mol. The van der Waals surface area contributed by atoms with Crippen LogP contribution in [0.2, 0.25) is 0 Å². The number of carbonyl (C=O) groups is 2. The Morgan fingerprint density at radius 2 is 1.41 bits per heavy atom. The lowest BCUT2D eigenvalue weighted by Gasteiger charge is -2.35. The van der Waals surface area contributed by atoms with Crippen molar-refractivity contribution in [3.63, 3.8) is 0 Å². The average molecular weight is 625 g/mol. The first kappa shape index (κ1) is 31.7. The van der Waals surface area contributed by atoms with Gasteiger partial charge in [-0.15, -0.1) is 0 Å². The van der Waals surface area contributed by atoms with E-state index in [0.717, 1.165) is 42.3 Å². The highest BCUT2D eigenvalue weighted by molar-refractivity contribution is 7.88. The fourth-order valence-corrected chi connectivity index (χ4v) is 6.50. The number of nitrogens with one attached hydrogen (secondary N) is 2. The van der Waals surface area contributed by atoms with Crippen molar-refractivity contribution in [2.24, 2.45) is 0 Å². The highest BCUT2D eigenvalue weighted by Crippen LogP contribution is 2.40. The SMILES string of the molecule is CS(=O)(=O)N1CCN(C(=O)[C@H](CCCCN[C@H]2C[C@@H]2c2ccc(F)cc2)NC(=O)c2ccc(-c3ccc(F)cc3)cc2)CC1. The topological polar surface area (TPSA) is 98.8 Å². The fourth-order valence-electron chi connectivity index (χ4n) is 5.68. The maximum absolute atomic E-state index is 13.6. The maximum Gasteiger partial charge on any atom is 0.251 e. The van der Waals surface area contributed by atoms with Crippen LogP contribution in [0.15, 0.2) is 72.8 Å². The molecule has 0 bridgehead atoms. The molecule has 2 N–H and O–H groups in total. The minimum absolute atomic E-state index is 0.219. The van der Waals surface area contributed by atoms with Crippen LogP contribution in [-0.2, 0) is 14.8 Å². The summed E-state index contributed by atoms with van der Waals surface area (Å²) in [7, 11) is -3.34. The van der Waals surface area contributed by atoms with Gasteiger partial charge >= 0.3 is 0 Å². The lowest BCUT2D eigenvalue weighted by atomic mass is 10.0. The number of carbonyl (C=O) groups excluding carboxylic acids is 2. The van der Waals surface area contributed by atoms with Crippen LogP contribution in [0, 0.1) is 11.6 Å². The molecule has 2 fully saturated rings. The molecule has 44 heavy (non-hydrogen) atoms. The molecule has 3 aromatic rings. The molecule has 1 heterocycles. The molecule has 3 aromatic carbocycles. The summed E-state index contributed by atoms with van der Waals surface area (Å²) in [5.74, 6) is -0.780. The van der Waals surface area contributed by atoms with E-state index < -0.39 is 16.1 Å². The summed E-state index contributed by atoms with van der Waals surface area (Å²) in [6.07, 6.45) is 4.11. The van der Waals surface area contributed by atoms with Crippen molar-refractivity contribution in [1.82, 2.24) is 19.8 Å². The molecule has 8 nitrogen and oxygen atoms in total. The summed E-state index contributed by atoms with van der Waals surface area (Å²) in [6, 6.07) is 19.2. The van der Waals surface area contributed by atoms with E-state index in [4.69, 9.17) is 0 Å². The molecular formula is C33H38F2N4O4S. The molecule has 3 atom stereocenters. The van der Waals surface area contributed by atoms with Crippen LogP contribution >= 0.6 is 0 Å². The molecule has 0 radical (unpaired) electrons. The molecule has 1 saturated heterocycles. The zero-order valence-electron chi connectivity index (χ0n) is 24.7. The number of piperazine rings is 1. The normalized spacial score (nSPS) is 19.4. The van der Waals surface area contributed by atoms with Gasteiger partial charge in [0.25, 0.3) is 5.91 Å². The third kappa shape index (κ3) is 8.28. The molecule has 0 aromatic heterocycles. The van der Waals surface area contributed by atoms with Gasteiger partial charge in [-0.05, 0) is 85.3 Å². The lowest BCUT2D eigenvalue weighted by Crippen LogP contribution is -2.55. The van der Waals surface area contributed by atoms with Crippen molar-refractivity contribution in [2.45, 2.75) is 43.7 Å². The Bertz CT molecular complexity index is 1540. The van der Waals surface area contributed by atoms with Crippen LogP contribution in [0.25, 0.3) is 11.1 Å². The summed E-state index contributed by atoms with van der Waals surface area (Å²) in [6.45, 7) is 1.72. The summed E-state index contributed by atoms with van der Waals surface area (Å²) >= 11 is 0. The van der Waals surface area contributed by atoms with Gasteiger partial charge in [-0.25, -0.2) is 17.2 Å². The molecule has 0 unspecified atom stereocenters. The first-order valence-corrected chi connectivity index (χ1v) is 16.8. The van der Waals surface area contributed by atoms with Crippen molar-refractivity contribution in [1.29, 1.82) is 0 Å². The third-order valence-corrected chi connectivity index (χ3v) is 9.67. The van der Waals surface area contributed by atoms with Crippen molar-refractivity contribution in [2.75, 3.05) is 39.0 Å². The Hall–Kier alpha value is -3.67. The Balaban J connectivity index is 1.16.